The molecule has 0 bridgehead atoms. The first-order valence-corrected chi connectivity index (χ1v) is 5.37. The van der Waals surface area contributed by atoms with Crippen molar-refractivity contribution >= 4 is 6.09 Å². The number of cyclic esters (lactones) is 1. The van der Waals surface area contributed by atoms with E-state index in [9.17, 15) is 9.90 Å². The van der Waals surface area contributed by atoms with Crippen LogP contribution in [0, 0.1) is 5.92 Å². The van der Waals surface area contributed by atoms with E-state index < -0.39 is 0 Å². The monoisotopic (exact) mass is 199 g/mol. The lowest BCUT2D eigenvalue weighted by Crippen LogP contribution is -2.43. The van der Waals surface area contributed by atoms with Crippen molar-refractivity contribution in [1.82, 2.24) is 4.90 Å². The molecule has 0 spiro atoms. The molecule has 4 heteroatoms. The minimum Gasteiger partial charge on any atom is -0.448 e. The third-order valence-corrected chi connectivity index (χ3v) is 3.32. The molecular weight excluding hydrogens is 182 g/mol. The van der Waals surface area contributed by atoms with Crippen LogP contribution in [0.4, 0.5) is 4.79 Å². The molecule has 14 heavy (non-hydrogen) atoms. The normalized spacial score (nSPS) is 25.5. The van der Waals surface area contributed by atoms with Crippen molar-refractivity contribution < 1.29 is 14.6 Å². The Morgan fingerprint density at radius 3 is 2.71 bits per heavy atom. The molecule has 1 atom stereocenters. The number of ether oxygens (including phenoxy) is 1. The molecule has 0 radical (unpaired) electrons. The van der Waals surface area contributed by atoms with E-state index in [-0.39, 0.29) is 18.7 Å². The van der Waals surface area contributed by atoms with Crippen LogP contribution >= 0.6 is 0 Å². The molecule has 1 heterocycles. The van der Waals surface area contributed by atoms with Crippen LogP contribution in [0.3, 0.4) is 0 Å². The summed E-state index contributed by atoms with van der Waals surface area (Å²) in [7, 11) is 0. The van der Waals surface area contributed by atoms with E-state index in [0.29, 0.717) is 19.1 Å². The second-order valence-corrected chi connectivity index (χ2v) is 4.10. The summed E-state index contributed by atoms with van der Waals surface area (Å²) in [5.74, 6) is 0.477. The molecule has 0 aromatic heterocycles. The second-order valence-electron chi connectivity index (χ2n) is 4.10. The van der Waals surface area contributed by atoms with Gasteiger partial charge in [-0.2, -0.15) is 0 Å². The largest absolute Gasteiger partial charge is 0.448 e. The van der Waals surface area contributed by atoms with E-state index >= 15 is 0 Å². The smallest absolute Gasteiger partial charge is 0.410 e. The minimum atomic E-state index is -0.254. The Labute approximate surface area is 83.8 Å². The lowest BCUT2D eigenvalue weighted by atomic mass is 9.97. The Morgan fingerprint density at radius 2 is 2.21 bits per heavy atom. The molecule has 1 saturated heterocycles. The van der Waals surface area contributed by atoms with E-state index in [4.69, 9.17) is 4.74 Å². The van der Waals surface area contributed by atoms with Crippen molar-refractivity contribution in [1.29, 1.82) is 0 Å². The predicted octanol–water partition coefficient (Wildman–Crippen LogP) is 0.990. The van der Waals surface area contributed by atoms with Gasteiger partial charge in [0.1, 0.15) is 6.61 Å². The average molecular weight is 199 g/mol. The molecule has 1 saturated carbocycles. The number of hydrogen-bond acceptors (Lipinski definition) is 3. The molecule has 1 N–H and O–H groups in total. The second kappa shape index (κ2) is 4.17. The van der Waals surface area contributed by atoms with Gasteiger partial charge in [0.15, 0.2) is 0 Å². The standard InChI is InChI=1S/C10H17NO3/c12-7-9(8-3-1-2-4-8)11-5-6-14-10(11)13/h8-9,12H,1-7H2. The van der Waals surface area contributed by atoms with Crippen molar-refractivity contribution in [3.8, 4) is 0 Å². The van der Waals surface area contributed by atoms with Gasteiger partial charge in [0.25, 0.3) is 0 Å². The maximum Gasteiger partial charge on any atom is 0.410 e. The van der Waals surface area contributed by atoms with Crippen molar-refractivity contribution in [2.75, 3.05) is 19.8 Å². The van der Waals surface area contributed by atoms with Crippen LogP contribution in [-0.2, 0) is 4.74 Å². The lowest BCUT2D eigenvalue weighted by molar-refractivity contribution is 0.100. The SMILES string of the molecule is O=C1OCCN1C(CO)C1CCCC1. The Hall–Kier alpha value is -0.770. The summed E-state index contributed by atoms with van der Waals surface area (Å²) in [6.45, 7) is 1.18. The summed E-state index contributed by atoms with van der Waals surface area (Å²) >= 11 is 0. The zero-order chi connectivity index (χ0) is 9.97. The summed E-state index contributed by atoms with van der Waals surface area (Å²) < 4.78 is 4.88. The van der Waals surface area contributed by atoms with E-state index in [2.05, 4.69) is 0 Å². The van der Waals surface area contributed by atoms with Gasteiger partial charge in [-0.1, -0.05) is 12.8 Å². The minimum absolute atomic E-state index is 0.00694. The molecule has 1 unspecified atom stereocenters. The molecule has 1 amide bonds. The topological polar surface area (TPSA) is 49.8 Å². The van der Waals surface area contributed by atoms with Gasteiger partial charge >= 0.3 is 6.09 Å². The Balaban J connectivity index is 2.00. The highest BCUT2D eigenvalue weighted by molar-refractivity contribution is 5.69. The van der Waals surface area contributed by atoms with Gasteiger partial charge in [0.05, 0.1) is 19.2 Å². The quantitative estimate of drug-likeness (QED) is 0.737. The molecule has 0 aromatic carbocycles. The number of rotatable bonds is 3. The van der Waals surface area contributed by atoms with Crippen molar-refractivity contribution in [3.63, 3.8) is 0 Å². The molecule has 0 aromatic rings. The predicted molar refractivity (Wildman–Crippen MR) is 50.9 cm³/mol. The fourth-order valence-corrected chi connectivity index (χ4v) is 2.55. The fraction of sp³-hybridized carbons (Fsp3) is 0.900. The number of carbonyl (C=O) groups excluding carboxylic acids is 1. The maximum absolute atomic E-state index is 11.3. The van der Waals surface area contributed by atoms with Crippen LogP contribution in [0.1, 0.15) is 25.7 Å². The van der Waals surface area contributed by atoms with Crippen molar-refractivity contribution in [2.45, 2.75) is 31.7 Å². The Bertz CT molecular complexity index is 213. The highest BCUT2D eigenvalue weighted by Crippen LogP contribution is 2.31. The van der Waals surface area contributed by atoms with E-state index in [1.807, 2.05) is 0 Å². The Morgan fingerprint density at radius 1 is 1.50 bits per heavy atom. The molecule has 80 valence electrons. The summed E-state index contributed by atoms with van der Waals surface area (Å²) in [4.78, 5) is 13.0. The van der Waals surface area contributed by atoms with Crippen LogP contribution in [0.15, 0.2) is 0 Å². The first-order valence-electron chi connectivity index (χ1n) is 5.37. The fourth-order valence-electron chi connectivity index (χ4n) is 2.55. The van der Waals surface area contributed by atoms with Crippen LogP contribution in [0.2, 0.25) is 0 Å². The number of amides is 1. The van der Waals surface area contributed by atoms with Gasteiger partial charge in [-0.3, -0.25) is 4.90 Å². The van der Waals surface area contributed by atoms with Crippen LogP contribution in [0.25, 0.3) is 0 Å². The van der Waals surface area contributed by atoms with Crippen molar-refractivity contribution in [3.05, 3.63) is 0 Å². The highest BCUT2D eigenvalue weighted by atomic mass is 16.6. The first-order chi connectivity index (χ1) is 6.83. The molecule has 1 aliphatic carbocycles. The first kappa shape index (κ1) is 9.77. The number of aliphatic hydroxyl groups excluding tert-OH is 1. The van der Waals surface area contributed by atoms with Gasteiger partial charge in [0, 0.05) is 0 Å². The zero-order valence-corrected chi connectivity index (χ0v) is 8.32. The molecule has 2 rings (SSSR count). The van der Waals surface area contributed by atoms with Gasteiger partial charge in [-0.15, -0.1) is 0 Å². The zero-order valence-electron chi connectivity index (χ0n) is 8.32. The lowest BCUT2D eigenvalue weighted by Gasteiger charge is -2.28. The summed E-state index contributed by atoms with van der Waals surface area (Å²) in [6, 6.07) is -0.00694. The number of aliphatic hydroxyl groups is 1. The van der Waals surface area contributed by atoms with E-state index in [0.717, 1.165) is 12.8 Å². The summed E-state index contributed by atoms with van der Waals surface area (Å²) in [5.41, 5.74) is 0. The molecule has 4 nitrogen and oxygen atoms in total. The summed E-state index contributed by atoms with van der Waals surface area (Å²) in [6.07, 6.45) is 4.47. The third-order valence-electron chi connectivity index (χ3n) is 3.32. The van der Waals surface area contributed by atoms with Gasteiger partial charge in [-0.25, -0.2) is 4.79 Å². The van der Waals surface area contributed by atoms with Crippen LogP contribution < -0.4 is 0 Å². The number of nitrogens with zero attached hydrogens (tertiary/aromatic N) is 1. The Kier molecular flexibility index (Phi) is 2.91. The van der Waals surface area contributed by atoms with Gasteiger partial charge < -0.3 is 9.84 Å². The maximum atomic E-state index is 11.3. The number of hydrogen-bond donors (Lipinski definition) is 1. The molecular formula is C10H17NO3. The summed E-state index contributed by atoms with van der Waals surface area (Å²) in [5, 5.41) is 9.32. The molecule has 2 fully saturated rings. The number of carbonyl (C=O) groups is 1. The third kappa shape index (κ3) is 1.71. The molecule has 1 aliphatic heterocycles. The average Bonchev–Trinajstić information content (AvgIpc) is 2.80. The van der Waals surface area contributed by atoms with E-state index in [1.54, 1.807) is 4.90 Å². The highest BCUT2D eigenvalue weighted by Gasteiger charge is 2.35. The van der Waals surface area contributed by atoms with Gasteiger partial charge in [0.2, 0.25) is 0 Å². The van der Waals surface area contributed by atoms with Crippen molar-refractivity contribution in [2.24, 2.45) is 5.92 Å². The van der Waals surface area contributed by atoms with Crippen LogP contribution in [-0.4, -0.2) is 41.9 Å². The van der Waals surface area contributed by atoms with Crippen LogP contribution in [0.5, 0.6) is 0 Å². The molecule has 2 aliphatic rings. The van der Waals surface area contributed by atoms with E-state index in [1.165, 1.54) is 12.8 Å². The van der Waals surface area contributed by atoms with Gasteiger partial charge in [-0.05, 0) is 18.8 Å².